The number of carbonyl (C=O) groups is 4. The molecular weight excluding hydrogens is 344 g/mol. The van der Waals surface area contributed by atoms with E-state index in [1.165, 1.54) is 0 Å². The zero-order valence-electron chi connectivity index (χ0n) is 15.2. The molecule has 0 aromatic carbocycles. The van der Waals surface area contributed by atoms with E-state index in [0.29, 0.717) is 32.2 Å². The summed E-state index contributed by atoms with van der Waals surface area (Å²) < 4.78 is 0. The van der Waals surface area contributed by atoms with Crippen LogP contribution in [0.15, 0.2) is 0 Å². The van der Waals surface area contributed by atoms with Crippen molar-refractivity contribution in [3.63, 3.8) is 0 Å². The Hall–Kier alpha value is -2.20. The Bertz CT molecular complexity index is 499. The van der Waals surface area contributed by atoms with Crippen LogP contribution in [0.4, 0.5) is 0 Å². The lowest BCUT2D eigenvalue weighted by molar-refractivity contribution is -0.144. The molecular formula is C16H30N4O6. The Morgan fingerprint density at radius 1 is 1.04 bits per heavy atom. The van der Waals surface area contributed by atoms with Crippen molar-refractivity contribution in [3.8, 4) is 0 Å². The average Bonchev–Trinajstić information content (AvgIpc) is 2.57. The molecule has 0 aliphatic rings. The smallest absolute Gasteiger partial charge is 0.326 e. The molecule has 0 saturated carbocycles. The van der Waals surface area contributed by atoms with Gasteiger partial charge in [-0.05, 0) is 25.3 Å². The van der Waals surface area contributed by atoms with E-state index in [1.54, 1.807) is 13.8 Å². The number of nitrogens with one attached hydrogen (secondary N) is 2. The number of hydrogen-bond acceptors (Lipinski definition) is 6. The molecule has 0 aromatic heterocycles. The third-order valence-electron chi connectivity index (χ3n) is 4.09. The molecule has 1 unspecified atom stereocenters. The summed E-state index contributed by atoms with van der Waals surface area (Å²) in [4.78, 5) is 46.7. The first-order chi connectivity index (χ1) is 12.1. The fourth-order valence-electron chi connectivity index (χ4n) is 2.24. The highest BCUT2D eigenvalue weighted by Crippen LogP contribution is 2.09. The zero-order chi connectivity index (χ0) is 20.3. The molecule has 0 aliphatic carbocycles. The van der Waals surface area contributed by atoms with Crippen molar-refractivity contribution >= 4 is 23.8 Å². The first-order valence-electron chi connectivity index (χ1n) is 8.64. The molecule has 0 aromatic rings. The van der Waals surface area contributed by atoms with E-state index in [9.17, 15) is 24.3 Å². The van der Waals surface area contributed by atoms with Crippen LogP contribution in [0.3, 0.4) is 0 Å². The number of nitrogens with two attached hydrogens (primary N) is 2. The fourth-order valence-corrected chi connectivity index (χ4v) is 2.24. The number of amides is 2. The Morgan fingerprint density at radius 3 is 2.12 bits per heavy atom. The lowest BCUT2D eigenvalue weighted by atomic mass is 9.98. The number of rotatable bonds is 13. The van der Waals surface area contributed by atoms with Crippen LogP contribution < -0.4 is 22.1 Å². The van der Waals surface area contributed by atoms with Gasteiger partial charge in [0.2, 0.25) is 11.8 Å². The van der Waals surface area contributed by atoms with E-state index in [-0.39, 0.29) is 5.92 Å². The first kappa shape index (κ1) is 23.8. The molecule has 150 valence electrons. The second-order valence-corrected chi connectivity index (χ2v) is 6.26. The zero-order valence-corrected chi connectivity index (χ0v) is 15.2. The van der Waals surface area contributed by atoms with Gasteiger partial charge < -0.3 is 32.3 Å². The summed E-state index contributed by atoms with van der Waals surface area (Å²) in [6.07, 6.45) is 1.47. The molecule has 0 fully saturated rings. The highest BCUT2D eigenvalue weighted by Gasteiger charge is 2.31. The molecule has 0 radical (unpaired) electrons. The van der Waals surface area contributed by atoms with E-state index in [0.717, 1.165) is 0 Å². The monoisotopic (exact) mass is 374 g/mol. The standard InChI is InChI=1S/C16H30N4O6/c1-3-9(2)13(16(25)26)20-15(24)11(8-12(21)22)19-14(23)10(18)6-4-5-7-17/h9-11,13H,3-8,17-18H2,1-2H3,(H,19,23)(H,20,24)(H,21,22)(H,25,26)/t9-,10-,11-,13?/m0/s1. The van der Waals surface area contributed by atoms with Gasteiger partial charge in [0.15, 0.2) is 0 Å². The van der Waals surface area contributed by atoms with Crippen molar-refractivity contribution in [3.05, 3.63) is 0 Å². The number of carboxylic acid groups (broad SMARTS) is 2. The summed E-state index contributed by atoms with van der Waals surface area (Å²) in [5.41, 5.74) is 11.1. The predicted molar refractivity (Wildman–Crippen MR) is 94.1 cm³/mol. The number of carboxylic acids is 2. The van der Waals surface area contributed by atoms with Crippen molar-refractivity contribution in [1.29, 1.82) is 0 Å². The van der Waals surface area contributed by atoms with E-state index in [1.807, 2.05) is 0 Å². The Labute approximate surface area is 152 Å². The molecule has 8 N–H and O–H groups in total. The average molecular weight is 374 g/mol. The molecule has 0 bridgehead atoms. The predicted octanol–water partition coefficient (Wildman–Crippen LogP) is -0.982. The van der Waals surface area contributed by atoms with Crippen LogP contribution in [0.2, 0.25) is 0 Å². The summed E-state index contributed by atoms with van der Waals surface area (Å²) in [6.45, 7) is 3.88. The van der Waals surface area contributed by atoms with Gasteiger partial charge in [-0.1, -0.05) is 26.7 Å². The van der Waals surface area contributed by atoms with Crippen molar-refractivity contribution in [2.24, 2.45) is 17.4 Å². The van der Waals surface area contributed by atoms with Crippen LogP contribution in [0.25, 0.3) is 0 Å². The fraction of sp³-hybridized carbons (Fsp3) is 0.750. The van der Waals surface area contributed by atoms with Crippen LogP contribution in [-0.4, -0.2) is 58.6 Å². The molecule has 10 heteroatoms. The molecule has 0 rings (SSSR count). The van der Waals surface area contributed by atoms with Gasteiger partial charge in [-0.3, -0.25) is 14.4 Å². The highest BCUT2D eigenvalue weighted by atomic mass is 16.4. The number of carbonyl (C=O) groups excluding carboxylic acids is 2. The summed E-state index contributed by atoms with van der Waals surface area (Å²) in [7, 11) is 0. The Balaban J connectivity index is 5.00. The number of unbranched alkanes of at least 4 members (excludes halogenated alkanes) is 1. The van der Waals surface area contributed by atoms with Crippen molar-refractivity contribution in [2.45, 2.75) is 64.1 Å². The normalized spacial score (nSPS) is 15.4. The van der Waals surface area contributed by atoms with E-state index < -0.39 is 48.3 Å². The summed E-state index contributed by atoms with van der Waals surface area (Å²) in [6, 6.07) is -3.50. The third-order valence-corrected chi connectivity index (χ3v) is 4.09. The minimum atomic E-state index is -1.41. The number of hydrogen-bond donors (Lipinski definition) is 6. The summed E-state index contributed by atoms with van der Waals surface area (Å²) in [5, 5.41) is 22.8. The van der Waals surface area contributed by atoms with Crippen molar-refractivity contribution in [1.82, 2.24) is 10.6 Å². The topological polar surface area (TPSA) is 185 Å². The quantitative estimate of drug-likeness (QED) is 0.222. The molecule has 26 heavy (non-hydrogen) atoms. The minimum Gasteiger partial charge on any atom is -0.481 e. The van der Waals surface area contributed by atoms with Crippen LogP contribution in [0.1, 0.15) is 46.0 Å². The summed E-state index contributed by atoms with van der Waals surface area (Å²) >= 11 is 0. The van der Waals surface area contributed by atoms with Gasteiger partial charge in [0.05, 0.1) is 12.5 Å². The number of aliphatic carboxylic acids is 2. The molecule has 10 nitrogen and oxygen atoms in total. The van der Waals surface area contributed by atoms with E-state index >= 15 is 0 Å². The molecule has 2 amide bonds. The van der Waals surface area contributed by atoms with Crippen LogP contribution in [0, 0.1) is 5.92 Å². The minimum absolute atomic E-state index is 0.342. The maximum absolute atomic E-state index is 12.3. The lowest BCUT2D eigenvalue weighted by Crippen LogP contribution is -2.56. The molecule has 0 spiro atoms. The molecule has 4 atom stereocenters. The molecule has 0 saturated heterocycles. The second kappa shape index (κ2) is 12.2. The van der Waals surface area contributed by atoms with Crippen LogP contribution >= 0.6 is 0 Å². The van der Waals surface area contributed by atoms with Gasteiger partial charge in [-0.2, -0.15) is 0 Å². The largest absolute Gasteiger partial charge is 0.481 e. The molecule has 0 aliphatic heterocycles. The maximum Gasteiger partial charge on any atom is 0.326 e. The second-order valence-electron chi connectivity index (χ2n) is 6.26. The third kappa shape index (κ3) is 8.77. The highest BCUT2D eigenvalue weighted by molar-refractivity contribution is 5.93. The van der Waals surface area contributed by atoms with Gasteiger partial charge in [0.25, 0.3) is 0 Å². The lowest BCUT2D eigenvalue weighted by Gasteiger charge is -2.24. The molecule has 0 heterocycles. The van der Waals surface area contributed by atoms with Gasteiger partial charge in [0.1, 0.15) is 12.1 Å². The first-order valence-corrected chi connectivity index (χ1v) is 8.64. The van der Waals surface area contributed by atoms with E-state index in [4.69, 9.17) is 16.6 Å². The van der Waals surface area contributed by atoms with Crippen LogP contribution in [-0.2, 0) is 19.2 Å². The van der Waals surface area contributed by atoms with Gasteiger partial charge in [0, 0.05) is 0 Å². The van der Waals surface area contributed by atoms with Crippen LogP contribution in [0.5, 0.6) is 0 Å². The van der Waals surface area contributed by atoms with E-state index in [2.05, 4.69) is 10.6 Å². The van der Waals surface area contributed by atoms with Gasteiger partial charge in [-0.25, -0.2) is 4.79 Å². The van der Waals surface area contributed by atoms with Gasteiger partial charge >= 0.3 is 11.9 Å². The van der Waals surface area contributed by atoms with Crippen molar-refractivity contribution in [2.75, 3.05) is 6.54 Å². The van der Waals surface area contributed by atoms with Crippen molar-refractivity contribution < 1.29 is 29.4 Å². The Kier molecular flexibility index (Phi) is 11.2. The Morgan fingerprint density at radius 2 is 1.65 bits per heavy atom. The SMILES string of the molecule is CC[C@H](C)C(NC(=O)[C@H](CC(=O)O)NC(=O)[C@@H](N)CCCCN)C(=O)O. The maximum atomic E-state index is 12.3. The summed E-state index contributed by atoms with van der Waals surface area (Å²) in [5.74, 6) is -4.44. The van der Waals surface area contributed by atoms with Gasteiger partial charge in [-0.15, -0.1) is 0 Å².